The summed E-state index contributed by atoms with van der Waals surface area (Å²) in [7, 11) is 1.59. The molecule has 9 heteroatoms. The Morgan fingerprint density at radius 1 is 1.26 bits per heavy atom. The summed E-state index contributed by atoms with van der Waals surface area (Å²) in [6, 6.07) is 13.0. The topological polar surface area (TPSA) is 78.3 Å². The fourth-order valence-corrected chi connectivity index (χ4v) is 3.59. The number of hydrogen-bond acceptors (Lipinski definition) is 6. The van der Waals surface area contributed by atoms with Gasteiger partial charge in [0.2, 0.25) is 5.91 Å². The average molecular weight is 443 g/mol. The summed E-state index contributed by atoms with van der Waals surface area (Å²) in [6.07, 6.45) is 1.33. The largest absolute Gasteiger partial charge is 0.497 e. The predicted molar refractivity (Wildman–Crippen MR) is 118 cm³/mol. The van der Waals surface area contributed by atoms with E-state index in [-0.39, 0.29) is 11.7 Å². The van der Waals surface area contributed by atoms with E-state index in [0.717, 1.165) is 0 Å². The van der Waals surface area contributed by atoms with Gasteiger partial charge >= 0.3 is 0 Å². The first-order chi connectivity index (χ1) is 15.0. The number of rotatable bonds is 10. The second kappa shape index (κ2) is 10.6. The fraction of sp³-hybridized carbons (Fsp3) is 0.227. The molecule has 3 rings (SSSR count). The van der Waals surface area contributed by atoms with Crippen LogP contribution in [-0.4, -0.2) is 33.5 Å². The molecule has 0 saturated heterocycles. The lowest BCUT2D eigenvalue weighted by Crippen LogP contribution is -2.15. The van der Waals surface area contributed by atoms with Crippen LogP contribution in [0, 0.1) is 5.82 Å². The maximum atomic E-state index is 13.3. The highest BCUT2D eigenvalue weighted by Crippen LogP contribution is 2.27. The van der Waals surface area contributed by atoms with Crippen molar-refractivity contribution in [2.75, 3.05) is 18.2 Å². The van der Waals surface area contributed by atoms with Gasteiger partial charge in [0, 0.05) is 18.3 Å². The summed E-state index contributed by atoms with van der Waals surface area (Å²) in [6.45, 7) is 6.11. The highest BCUT2D eigenvalue weighted by atomic mass is 32.2. The second-order valence-electron chi connectivity index (χ2n) is 6.53. The maximum Gasteiger partial charge on any atom is 0.234 e. The van der Waals surface area contributed by atoms with Gasteiger partial charge < -0.3 is 14.8 Å². The molecule has 0 aliphatic rings. The Morgan fingerprint density at radius 2 is 2.03 bits per heavy atom. The minimum absolute atomic E-state index is 0.0942. The third-order valence-electron chi connectivity index (χ3n) is 4.22. The zero-order valence-electron chi connectivity index (χ0n) is 17.2. The van der Waals surface area contributed by atoms with Gasteiger partial charge in [-0.1, -0.05) is 30.0 Å². The van der Waals surface area contributed by atoms with E-state index in [0.29, 0.717) is 34.7 Å². The van der Waals surface area contributed by atoms with Crippen LogP contribution >= 0.6 is 11.8 Å². The molecule has 0 saturated carbocycles. The highest BCUT2D eigenvalue weighted by molar-refractivity contribution is 7.99. The summed E-state index contributed by atoms with van der Waals surface area (Å²) in [5, 5.41) is 11.7. The lowest BCUT2D eigenvalue weighted by atomic mass is 10.3. The Morgan fingerprint density at radius 3 is 2.77 bits per heavy atom. The van der Waals surface area contributed by atoms with Crippen molar-refractivity contribution >= 4 is 23.4 Å². The van der Waals surface area contributed by atoms with Crippen LogP contribution in [-0.2, 0) is 11.3 Å². The third kappa shape index (κ3) is 6.08. The fourth-order valence-electron chi connectivity index (χ4n) is 2.83. The molecule has 0 radical (unpaired) electrons. The quantitative estimate of drug-likeness (QED) is 0.368. The van der Waals surface area contributed by atoms with E-state index in [4.69, 9.17) is 9.47 Å². The first kappa shape index (κ1) is 22.4. The van der Waals surface area contributed by atoms with Gasteiger partial charge in [0.1, 0.15) is 17.3 Å². The third-order valence-corrected chi connectivity index (χ3v) is 5.18. The summed E-state index contributed by atoms with van der Waals surface area (Å²) < 4.78 is 26.3. The van der Waals surface area contributed by atoms with Crippen molar-refractivity contribution < 1.29 is 18.7 Å². The smallest absolute Gasteiger partial charge is 0.234 e. The molecule has 162 valence electrons. The number of nitrogens with one attached hydrogen (secondary N) is 1. The van der Waals surface area contributed by atoms with Gasteiger partial charge in [-0.3, -0.25) is 9.36 Å². The SMILES string of the molecule is C=CCn1c(SCC(=O)Nc2cccc(F)c2)nnc1C(C)Oc1cccc(OC)c1. The van der Waals surface area contributed by atoms with Crippen molar-refractivity contribution in [2.24, 2.45) is 0 Å². The minimum atomic E-state index is -0.411. The Balaban J connectivity index is 1.67. The molecule has 7 nitrogen and oxygen atoms in total. The normalized spacial score (nSPS) is 11.6. The van der Waals surface area contributed by atoms with E-state index in [1.165, 1.54) is 30.0 Å². The van der Waals surface area contributed by atoms with Crippen LogP contribution < -0.4 is 14.8 Å². The average Bonchev–Trinajstić information content (AvgIpc) is 3.15. The highest BCUT2D eigenvalue weighted by Gasteiger charge is 2.20. The van der Waals surface area contributed by atoms with Gasteiger partial charge in [-0.15, -0.1) is 16.8 Å². The molecule has 31 heavy (non-hydrogen) atoms. The molecular weight excluding hydrogens is 419 g/mol. The van der Waals surface area contributed by atoms with Crippen molar-refractivity contribution in [1.29, 1.82) is 0 Å². The number of anilines is 1. The second-order valence-corrected chi connectivity index (χ2v) is 7.47. The van der Waals surface area contributed by atoms with Crippen molar-refractivity contribution in [1.82, 2.24) is 14.8 Å². The number of carbonyl (C=O) groups is 1. The molecule has 0 bridgehead atoms. The number of allylic oxidation sites excluding steroid dienone is 1. The first-order valence-corrected chi connectivity index (χ1v) is 10.5. The van der Waals surface area contributed by atoms with Crippen LogP contribution in [0.3, 0.4) is 0 Å². The van der Waals surface area contributed by atoms with Crippen molar-refractivity contribution in [3.8, 4) is 11.5 Å². The number of halogens is 1. The van der Waals surface area contributed by atoms with Gasteiger partial charge in [0.15, 0.2) is 17.1 Å². The number of benzene rings is 2. The Labute approximate surface area is 184 Å². The summed E-state index contributed by atoms with van der Waals surface area (Å²) in [4.78, 5) is 12.2. The van der Waals surface area contributed by atoms with Crippen molar-refractivity contribution in [3.05, 3.63) is 72.8 Å². The van der Waals surface area contributed by atoms with Crippen LogP contribution in [0.4, 0.5) is 10.1 Å². The number of nitrogens with zero attached hydrogens (tertiary/aromatic N) is 3. The molecule has 1 atom stereocenters. The van der Waals surface area contributed by atoms with E-state index >= 15 is 0 Å². The molecule has 1 heterocycles. The Hall–Kier alpha value is -3.33. The molecule has 0 fully saturated rings. The van der Waals surface area contributed by atoms with Crippen molar-refractivity contribution in [2.45, 2.75) is 24.7 Å². The number of hydrogen-bond donors (Lipinski definition) is 1. The Bertz CT molecular complexity index is 1060. The lowest BCUT2D eigenvalue weighted by Gasteiger charge is -2.16. The minimum Gasteiger partial charge on any atom is -0.497 e. The van der Waals surface area contributed by atoms with Gasteiger partial charge in [-0.25, -0.2) is 4.39 Å². The molecular formula is C22H23FN4O3S. The number of amides is 1. The van der Waals surface area contributed by atoms with Gasteiger partial charge in [-0.05, 0) is 37.3 Å². The van der Waals surface area contributed by atoms with E-state index in [9.17, 15) is 9.18 Å². The predicted octanol–water partition coefficient (Wildman–Crippen LogP) is 4.48. The van der Waals surface area contributed by atoms with E-state index in [1.807, 2.05) is 29.7 Å². The number of thioether (sulfide) groups is 1. The monoisotopic (exact) mass is 442 g/mol. The molecule has 3 aromatic rings. The molecule has 1 amide bonds. The molecule has 1 N–H and O–H groups in total. The van der Waals surface area contributed by atoms with Gasteiger partial charge in [0.05, 0.1) is 12.9 Å². The maximum absolute atomic E-state index is 13.3. The van der Waals surface area contributed by atoms with Crippen LogP contribution in [0.5, 0.6) is 11.5 Å². The standard InChI is InChI=1S/C22H23FN4O3S/c1-4-11-27-21(15(2)30-19-10-6-9-18(13-19)29-3)25-26-22(27)31-14-20(28)24-17-8-5-7-16(23)12-17/h4-10,12-13,15H,1,11,14H2,2-3H3,(H,24,28). The molecule has 0 spiro atoms. The van der Waals surface area contributed by atoms with E-state index in [2.05, 4.69) is 22.1 Å². The summed E-state index contributed by atoms with van der Waals surface area (Å²) in [5.41, 5.74) is 0.402. The Kier molecular flexibility index (Phi) is 7.66. The summed E-state index contributed by atoms with van der Waals surface area (Å²) in [5.74, 6) is 1.35. The lowest BCUT2D eigenvalue weighted by molar-refractivity contribution is -0.113. The van der Waals surface area contributed by atoms with E-state index < -0.39 is 11.9 Å². The number of ether oxygens (including phenoxy) is 2. The first-order valence-electron chi connectivity index (χ1n) is 9.53. The van der Waals surface area contributed by atoms with E-state index in [1.54, 1.807) is 25.3 Å². The molecule has 2 aromatic carbocycles. The van der Waals surface area contributed by atoms with Crippen LogP contribution in [0.25, 0.3) is 0 Å². The summed E-state index contributed by atoms with van der Waals surface area (Å²) >= 11 is 1.23. The molecule has 0 aliphatic heterocycles. The van der Waals surface area contributed by atoms with Crippen LogP contribution in [0.15, 0.2) is 66.3 Å². The van der Waals surface area contributed by atoms with Gasteiger partial charge in [-0.2, -0.15) is 0 Å². The molecule has 1 aromatic heterocycles. The molecule has 0 aliphatic carbocycles. The van der Waals surface area contributed by atoms with Crippen LogP contribution in [0.1, 0.15) is 18.9 Å². The zero-order valence-corrected chi connectivity index (χ0v) is 18.1. The zero-order chi connectivity index (χ0) is 22.2. The number of carbonyl (C=O) groups excluding carboxylic acids is 1. The van der Waals surface area contributed by atoms with Crippen molar-refractivity contribution in [3.63, 3.8) is 0 Å². The molecule has 1 unspecified atom stereocenters. The number of aromatic nitrogens is 3. The number of methoxy groups -OCH3 is 1. The van der Waals surface area contributed by atoms with Crippen LogP contribution in [0.2, 0.25) is 0 Å². The van der Waals surface area contributed by atoms with Gasteiger partial charge in [0.25, 0.3) is 0 Å².